The molecule has 1 fully saturated rings. The second-order valence-corrected chi connectivity index (χ2v) is 5.96. The lowest BCUT2D eigenvalue weighted by Crippen LogP contribution is -2.51. The average Bonchev–Trinajstić information content (AvgIpc) is 2.35. The number of piperidine rings is 1. The molecule has 0 bridgehead atoms. The summed E-state index contributed by atoms with van der Waals surface area (Å²) in [5.41, 5.74) is 4.16. The highest BCUT2D eigenvalue weighted by molar-refractivity contribution is 5.84. The van der Waals surface area contributed by atoms with Crippen LogP contribution in [-0.2, 0) is 4.79 Å². The molecule has 2 heteroatoms. The Hall–Kier alpha value is -1.31. The predicted octanol–water partition coefficient (Wildman–Crippen LogP) is 3.29. The summed E-state index contributed by atoms with van der Waals surface area (Å²) < 4.78 is 0. The molecule has 2 aliphatic heterocycles. The fraction of sp³-hybridized carbons (Fsp3) is 0.562. The molecule has 0 saturated carbocycles. The van der Waals surface area contributed by atoms with E-state index in [1.54, 1.807) is 0 Å². The highest BCUT2D eigenvalue weighted by Crippen LogP contribution is 2.42. The number of hydrogen-bond acceptors (Lipinski definition) is 2. The molecule has 0 aromatic heterocycles. The van der Waals surface area contributed by atoms with E-state index in [4.69, 9.17) is 0 Å². The third kappa shape index (κ3) is 1.66. The van der Waals surface area contributed by atoms with Crippen molar-refractivity contribution in [1.29, 1.82) is 0 Å². The Balaban J connectivity index is 2.05. The number of Topliss-reactive ketones (excluding diaryl/α,β-unsaturated/α-hetero) is 1. The smallest absolute Gasteiger partial charge is 0.139 e. The van der Waals surface area contributed by atoms with Gasteiger partial charge in [0.15, 0.2) is 0 Å². The Morgan fingerprint density at radius 2 is 2.06 bits per heavy atom. The molecular weight excluding hydrogens is 222 g/mol. The lowest BCUT2D eigenvalue weighted by molar-refractivity contribution is -0.124. The summed E-state index contributed by atoms with van der Waals surface area (Å²) in [6.45, 7) is 7.45. The zero-order chi connectivity index (χ0) is 12.9. The van der Waals surface area contributed by atoms with E-state index in [9.17, 15) is 4.79 Å². The Morgan fingerprint density at radius 3 is 2.83 bits per heavy atom. The van der Waals surface area contributed by atoms with Crippen LogP contribution in [0.1, 0.15) is 43.7 Å². The summed E-state index contributed by atoms with van der Waals surface area (Å²) in [5.74, 6) is 1.20. The summed E-state index contributed by atoms with van der Waals surface area (Å²) in [7, 11) is 0. The molecule has 96 valence electrons. The van der Waals surface area contributed by atoms with E-state index in [1.807, 2.05) is 0 Å². The fourth-order valence-electron chi connectivity index (χ4n) is 3.56. The zero-order valence-electron chi connectivity index (χ0n) is 11.4. The van der Waals surface area contributed by atoms with Gasteiger partial charge in [-0.2, -0.15) is 0 Å². The first-order valence-corrected chi connectivity index (χ1v) is 6.98. The largest absolute Gasteiger partial charge is 0.367 e. The molecule has 0 N–H and O–H groups in total. The van der Waals surface area contributed by atoms with Crippen LogP contribution in [0.2, 0.25) is 0 Å². The third-order valence-electron chi connectivity index (χ3n) is 4.70. The van der Waals surface area contributed by atoms with Crippen molar-refractivity contribution in [3.05, 3.63) is 29.3 Å². The van der Waals surface area contributed by atoms with Crippen molar-refractivity contribution in [2.24, 2.45) is 5.92 Å². The van der Waals surface area contributed by atoms with Crippen LogP contribution in [0.3, 0.4) is 0 Å². The monoisotopic (exact) mass is 243 g/mol. The molecule has 2 nitrogen and oxygen atoms in total. The van der Waals surface area contributed by atoms with Crippen LogP contribution in [0.25, 0.3) is 0 Å². The maximum atomic E-state index is 11.9. The van der Waals surface area contributed by atoms with Crippen molar-refractivity contribution < 1.29 is 4.79 Å². The molecule has 0 unspecified atom stereocenters. The zero-order valence-corrected chi connectivity index (χ0v) is 11.4. The molecule has 18 heavy (non-hydrogen) atoms. The summed E-state index contributed by atoms with van der Waals surface area (Å²) in [4.78, 5) is 14.4. The Labute approximate surface area is 109 Å². The molecular formula is C16H21NO. The summed E-state index contributed by atoms with van der Waals surface area (Å²) in [5, 5.41) is 0. The minimum atomic E-state index is 0.190. The predicted molar refractivity (Wildman–Crippen MR) is 74.1 cm³/mol. The SMILES string of the molecule is Cc1ccc2c(c1)[C@H](C)C[C@H]1[C@H](C)C(=O)CCN21. The molecule has 2 heterocycles. The maximum absolute atomic E-state index is 11.9. The van der Waals surface area contributed by atoms with Crippen LogP contribution in [0.4, 0.5) is 5.69 Å². The number of rotatable bonds is 0. The van der Waals surface area contributed by atoms with Gasteiger partial charge in [-0.25, -0.2) is 0 Å². The number of carbonyl (C=O) groups excluding carboxylic acids is 1. The summed E-state index contributed by atoms with van der Waals surface area (Å²) >= 11 is 0. The van der Waals surface area contributed by atoms with E-state index in [0.717, 1.165) is 13.0 Å². The van der Waals surface area contributed by atoms with Crippen molar-refractivity contribution in [1.82, 2.24) is 0 Å². The lowest BCUT2D eigenvalue weighted by atomic mass is 9.77. The summed E-state index contributed by atoms with van der Waals surface area (Å²) in [6, 6.07) is 7.17. The Morgan fingerprint density at radius 1 is 1.28 bits per heavy atom. The van der Waals surface area contributed by atoms with Gasteiger partial charge in [0.2, 0.25) is 0 Å². The van der Waals surface area contributed by atoms with Gasteiger partial charge >= 0.3 is 0 Å². The number of hydrogen-bond donors (Lipinski definition) is 0. The first kappa shape index (κ1) is 11.8. The van der Waals surface area contributed by atoms with E-state index in [0.29, 0.717) is 24.2 Å². The summed E-state index contributed by atoms with van der Waals surface area (Å²) in [6.07, 6.45) is 1.82. The highest BCUT2D eigenvalue weighted by Gasteiger charge is 2.39. The van der Waals surface area contributed by atoms with Gasteiger partial charge in [-0.3, -0.25) is 4.79 Å². The van der Waals surface area contributed by atoms with E-state index in [2.05, 4.69) is 43.9 Å². The molecule has 3 atom stereocenters. The van der Waals surface area contributed by atoms with Gasteiger partial charge in [0.05, 0.1) is 0 Å². The van der Waals surface area contributed by atoms with Crippen LogP contribution in [0.5, 0.6) is 0 Å². The van der Waals surface area contributed by atoms with Crippen molar-refractivity contribution in [2.75, 3.05) is 11.4 Å². The fourth-order valence-corrected chi connectivity index (χ4v) is 3.56. The minimum Gasteiger partial charge on any atom is -0.367 e. The molecule has 1 saturated heterocycles. The molecule has 0 amide bonds. The van der Waals surface area contributed by atoms with Crippen LogP contribution in [-0.4, -0.2) is 18.4 Å². The number of ketones is 1. The van der Waals surface area contributed by atoms with Gasteiger partial charge in [0.25, 0.3) is 0 Å². The second-order valence-electron chi connectivity index (χ2n) is 5.96. The number of carbonyl (C=O) groups is 1. The van der Waals surface area contributed by atoms with Crippen molar-refractivity contribution >= 4 is 11.5 Å². The molecule has 0 radical (unpaired) electrons. The molecule has 2 aliphatic rings. The number of nitrogens with zero attached hydrogens (tertiary/aromatic N) is 1. The van der Waals surface area contributed by atoms with E-state index in [1.165, 1.54) is 16.8 Å². The number of anilines is 1. The maximum Gasteiger partial charge on any atom is 0.139 e. The van der Waals surface area contributed by atoms with Gasteiger partial charge in [-0.1, -0.05) is 31.5 Å². The Bertz CT molecular complexity index is 494. The molecule has 1 aromatic rings. The number of benzene rings is 1. The topological polar surface area (TPSA) is 20.3 Å². The van der Waals surface area contributed by atoms with Crippen molar-refractivity contribution in [3.8, 4) is 0 Å². The Kier molecular flexibility index (Phi) is 2.69. The molecule has 0 aliphatic carbocycles. The minimum absolute atomic E-state index is 0.190. The van der Waals surface area contributed by atoms with E-state index >= 15 is 0 Å². The van der Waals surface area contributed by atoms with Crippen LogP contribution < -0.4 is 4.90 Å². The highest BCUT2D eigenvalue weighted by atomic mass is 16.1. The first-order chi connectivity index (χ1) is 8.58. The second kappa shape index (κ2) is 4.11. The van der Waals surface area contributed by atoms with Gasteiger partial charge in [-0.15, -0.1) is 0 Å². The van der Waals surface area contributed by atoms with Crippen molar-refractivity contribution in [2.45, 2.75) is 45.6 Å². The standard InChI is InChI=1S/C16H21NO/c1-10-4-5-14-13(8-10)11(2)9-15-12(3)16(18)6-7-17(14)15/h4-5,8,11-12,15H,6-7,9H2,1-3H3/t11-,12+,15+/m1/s1. The quantitative estimate of drug-likeness (QED) is 0.697. The van der Waals surface area contributed by atoms with Gasteiger partial charge in [-0.05, 0) is 30.9 Å². The van der Waals surface area contributed by atoms with Crippen LogP contribution >= 0.6 is 0 Å². The van der Waals surface area contributed by atoms with Gasteiger partial charge in [0, 0.05) is 30.6 Å². The number of aryl methyl sites for hydroxylation is 1. The van der Waals surface area contributed by atoms with E-state index < -0.39 is 0 Å². The van der Waals surface area contributed by atoms with Crippen molar-refractivity contribution in [3.63, 3.8) is 0 Å². The van der Waals surface area contributed by atoms with Gasteiger partial charge < -0.3 is 4.90 Å². The average molecular weight is 243 g/mol. The molecule has 3 rings (SSSR count). The van der Waals surface area contributed by atoms with Crippen LogP contribution in [0.15, 0.2) is 18.2 Å². The van der Waals surface area contributed by atoms with E-state index in [-0.39, 0.29) is 5.92 Å². The molecule has 0 spiro atoms. The molecule has 1 aromatic carbocycles. The van der Waals surface area contributed by atoms with Crippen LogP contribution in [0, 0.1) is 12.8 Å². The first-order valence-electron chi connectivity index (χ1n) is 6.98. The normalized spacial score (nSPS) is 30.9. The van der Waals surface area contributed by atoms with Gasteiger partial charge in [0.1, 0.15) is 5.78 Å². The number of fused-ring (bicyclic) bond motifs is 3. The lowest BCUT2D eigenvalue weighted by Gasteiger charge is -2.46. The third-order valence-corrected chi connectivity index (χ3v) is 4.70.